The molecule has 2 aromatic rings. The van der Waals surface area contributed by atoms with Crippen molar-refractivity contribution in [3.05, 3.63) is 57.5 Å². The van der Waals surface area contributed by atoms with Crippen LogP contribution in [0.3, 0.4) is 0 Å². The average Bonchev–Trinajstić information content (AvgIpc) is 2.35. The van der Waals surface area contributed by atoms with Gasteiger partial charge in [-0.05, 0) is 48.9 Å². The van der Waals surface area contributed by atoms with Crippen LogP contribution in [0.25, 0.3) is 0 Å². The Balaban J connectivity index is 2.37. The molecular formula is C13H11BrClNO2S. The van der Waals surface area contributed by atoms with Gasteiger partial charge in [0.15, 0.2) is 0 Å². The number of nitrogens with one attached hydrogen (secondary N) is 1. The van der Waals surface area contributed by atoms with E-state index in [1.54, 1.807) is 49.4 Å². The first kappa shape index (κ1) is 14.4. The zero-order valence-electron chi connectivity index (χ0n) is 10.0. The van der Waals surface area contributed by atoms with Gasteiger partial charge in [-0.15, -0.1) is 0 Å². The van der Waals surface area contributed by atoms with Crippen LogP contribution in [0.15, 0.2) is 51.8 Å². The van der Waals surface area contributed by atoms with Crippen molar-refractivity contribution in [1.82, 2.24) is 0 Å². The molecule has 0 saturated heterocycles. The van der Waals surface area contributed by atoms with Crippen LogP contribution in [0, 0.1) is 6.92 Å². The van der Waals surface area contributed by atoms with Crippen LogP contribution >= 0.6 is 27.5 Å². The molecule has 0 heterocycles. The molecule has 0 aromatic heterocycles. The molecule has 0 aliphatic rings. The van der Waals surface area contributed by atoms with Gasteiger partial charge >= 0.3 is 0 Å². The molecule has 0 unspecified atom stereocenters. The third-order valence-electron chi connectivity index (χ3n) is 2.54. The van der Waals surface area contributed by atoms with Gasteiger partial charge in [-0.25, -0.2) is 8.42 Å². The van der Waals surface area contributed by atoms with Gasteiger partial charge in [0, 0.05) is 15.2 Å². The highest BCUT2D eigenvalue weighted by Gasteiger charge is 2.17. The van der Waals surface area contributed by atoms with Gasteiger partial charge < -0.3 is 0 Å². The molecule has 6 heteroatoms. The molecule has 19 heavy (non-hydrogen) atoms. The van der Waals surface area contributed by atoms with Gasteiger partial charge in [-0.1, -0.05) is 33.6 Å². The molecule has 0 radical (unpaired) electrons. The predicted molar refractivity (Wildman–Crippen MR) is 81.1 cm³/mol. The Bertz CT molecular complexity index is 699. The summed E-state index contributed by atoms with van der Waals surface area (Å²) in [6.07, 6.45) is 0. The zero-order valence-corrected chi connectivity index (χ0v) is 13.2. The summed E-state index contributed by atoms with van der Waals surface area (Å²) >= 11 is 9.04. The average molecular weight is 361 g/mol. The number of sulfonamides is 1. The SMILES string of the molecule is Cc1ccc(Br)cc1S(=O)(=O)Nc1ccc(Cl)cc1. The maximum Gasteiger partial charge on any atom is 0.262 e. The van der Waals surface area contributed by atoms with E-state index < -0.39 is 10.0 Å². The first-order valence-corrected chi connectivity index (χ1v) is 8.08. The van der Waals surface area contributed by atoms with E-state index in [2.05, 4.69) is 20.7 Å². The summed E-state index contributed by atoms with van der Waals surface area (Å²) in [6.45, 7) is 1.75. The predicted octanol–water partition coefficient (Wildman–Crippen LogP) is 4.21. The van der Waals surface area contributed by atoms with E-state index in [1.807, 2.05) is 0 Å². The topological polar surface area (TPSA) is 46.2 Å². The highest BCUT2D eigenvalue weighted by Crippen LogP contribution is 2.23. The van der Waals surface area contributed by atoms with Gasteiger partial charge in [0.05, 0.1) is 4.90 Å². The summed E-state index contributed by atoms with van der Waals surface area (Å²) in [5.74, 6) is 0. The van der Waals surface area contributed by atoms with Crippen LogP contribution in [0.4, 0.5) is 5.69 Å². The lowest BCUT2D eigenvalue weighted by Crippen LogP contribution is -2.14. The second-order valence-corrected chi connectivity index (χ2v) is 7.03. The van der Waals surface area contributed by atoms with Crippen molar-refractivity contribution in [3.63, 3.8) is 0 Å². The van der Waals surface area contributed by atoms with Gasteiger partial charge in [-0.3, -0.25) is 4.72 Å². The zero-order chi connectivity index (χ0) is 14.0. The Hall–Kier alpha value is -1.04. The van der Waals surface area contributed by atoms with Crippen LogP contribution in [-0.2, 0) is 10.0 Å². The Labute approximate surface area is 125 Å². The smallest absolute Gasteiger partial charge is 0.262 e. The fourth-order valence-electron chi connectivity index (χ4n) is 1.59. The minimum atomic E-state index is -3.60. The van der Waals surface area contributed by atoms with Crippen molar-refractivity contribution in [2.75, 3.05) is 4.72 Å². The molecule has 0 bridgehead atoms. The molecule has 0 aliphatic carbocycles. The van der Waals surface area contributed by atoms with E-state index in [9.17, 15) is 8.42 Å². The summed E-state index contributed by atoms with van der Waals surface area (Å²) in [7, 11) is -3.60. The monoisotopic (exact) mass is 359 g/mol. The van der Waals surface area contributed by atoms with Gasteiger partial charge in [0.25, 0.3) is 10.0 Å². The summed E-state index contributed by atoms with van der Waals surface area (Å²) in [5.41, 5.74) is 1.16. The van der Waals surface area contributed by atoms with Gasteiger partial charge in [-0.2, -0.15) is 0 Å². The molecule has 2 aromatic carbocycles. The number of aryl methyl sites for hydroxylation is 1. The minimum Gasteiger partial charge on any atom is -0.280 e. The number of rotatable bonds is 3. The fourth-order valence-corrected chi connectivity index (χ4v) is 3.56. The molecular weight excluding hydrogens is 350 g/mol. The number of hydrogen-bond donors (Lipinski definition) is 1. The standard InChI is InChI=1S/C13H11BrClNO2S/c1-9-2-3-10(14)8-13(9)19(17,18)16-12-6-4-11(15)5-7-12/h2-8,16H,1H3. The molecule has 0 fully saturated rings. The van der Waals surface area contributed by atoms with E-state index in [0.29, 0.717) is 16.3 Å². The third kappa shape index (κ3) is 3.49. The Morgan fingerprint density at radius 2 is 1.74 bits per heavy atom. The molecule has 1 N–H and O–H groups in total. The van der Waals surface area contributed by atoms with Gasteiger partial charge in [0.1, 0.15) is 0 Å². The molecule has 0 saturated carbocycles. The van der Waals surface area contributed by atoms with Crippen molar-refractivity contribution in [1.29, 1.82) is 0 Å². The van der Waals surface area contributed by atoms with Crippen LogP contribution < -0.4 is 4.72 Å². The fraction of sp³-hybridized carbons (Fsp3) is 0.0769. The van der Waals surface area contributed by atoms with E-state index in [4.69, 9.17) is 11.6 Å². The van der Waals surface area contributed by atoms with E-state index in [0.717, 1.165) is 4.47 Å². The maximum atomic E-state index is 12.3. The quantitative estimate of drug-likeness (QED) is 0.891. The van der Waals surface area contributed by atoms with Crippen LogP contribution in [-0.4, -0.2) is 8.42 Å². The number of hydrogen-bond acceptors (Lipinski definition) is 2. The highest BCUT2D eigenvalue weighted by atomic mass is 79.9. The summed E-state index contributed by atoms with van der Waals surface area (Å²) in [6, 6.07) is 11.6. The van der Waals surface area contributed by atoms with E-state index in [-0.39, 0.29) is 4.90 Å². The van der Waals surface area contributed by atoms with E-state index >= 15 is 0 Å². The minimum absolute atomic E-state index is 0.247. The van der Waals surface area contributed by atoms with E-state index in [1.165, 1.54) is 0 Å². The van der Waals surface area contributed by atoms with Crippen molar-refractivity contribution >= 4 is 43.2 Å². The summed E-state index contributed by atoms with van der Waals surface area (Å²) in [5, 5.41) is 0.557. The Morgan fingerprint density at radius 1 is 1.11 bits per heavy atom. The second kappa shape index (κ2) is 5.53. The Morgan fingerprint density at radius 3 is 2.37 bits per heavy atom. The molecule has 0 amide bonds. The third-order valence-corrected chi connectivity index (χ3v) is 4.80. The second-order valence-electron chi connectivity index (χ2n) is 4.02. The molecule has 3 nitrogen and oxygen atoms in total. The lowest BCUT2D eigenvalue weighted by molar-refractivity contribution is 0.600. The first-order valence-electron chi connectivity index (χ1n) is 5.43. The molecule has 2 rings (SSSR count). The first-order chi connectivity index (χ1) is 8.88. The highest BCUT2D eigenvalue weighted by molar-refractivity contribution is 9.10. The molecule has 0 aliphatic heterocycles. The van der Waals surface area contributed by atoms with Crippen molar-refractivity contribution in [3.8, 4) is 0 Å². The lowest BCUT2D eigenvalue weighted by Gasteiger charge is -2.10. The number of benzene rings is 2. The van der Waals surface area contributed by atoms with Gasteiger partial charge in [0.2, 0.25) is 0 Å². The largest absolute Gasteiger partial charge is 0.280 e. The molecule has 100 valence electrons. The van der Waals surface area contributed by atoms with Crippen molar-refractivity contribution < 1.29 is 8.42 Å². The number of halogens is 2. The van der Waals surface area contributed by atoms with Crippen molar-refractivity contribution in [2.45, 2.75) is 11.8 Å². The van der Waals surface area contributed by atoms with Crippen LogP contribution in [0.2, 0.25) is 5.02 Å². The summed E-state index contributed by atoms with van der Waals surface area (Å²) in [4.78, 5) is 0.247. The maximum absolute atomic E-state index is 12.3. The summed E-state index contributed by atoms with van der Waals surface area (Å²) < 4.78 is 27.8. The van der Waals surface area contributed by atoms with Crippen LogP contribution in [0.1, 0.15) is 5.56 Å². The Kier molecular flexibility index (Phi) is 4.18. The molecule has 0 spiro atoms. The van der Waals surface area contributed by atoms with Crippen LogP contribution in [0.5, 0.6) is 0 Å². The lowest BCUT2D eigenvalue weighted by atomic mass is 10.2. The van der Waals surface area contributed by atoms with Crippen molar-refractivity contribution in [2.24, 2.45) is 0 Å². The normalized spacial score (nSPS) is 11.3. The molecule has 0 atom stereocenters. The number of anilines is 1.